The van der Waals surface area contributed by atoms with Gasteiger partial charge in [0.05, 0.1) is 6.10 Å². The van der Waals surface area contributed by atoms with Gasteiger partial charge in [0, 0.05) is 37.5 Å². The Hall–Kier alpha value is -0.610. The molecule has 0 aromatic heterocycles. The van der Waals surface area contributed by atoms with E-state index in [2.05, 4.69) is 33.0 Å². The van der Waals surface area contributed by atoms with Crippen molar-refractivity contribution in [3.05, 3.63) is 0 Å². The minimum absolute atomic E-state index is 0.0252. The highest BCUT2D eigenvalue weighted by atomic mass is 16.3. The quantitative estimate of drug-likeness (QED) is 0.836. The van der Waals surface area contributed by atoms with Gasteiger partial charge in [0.2, 0.25) is 5.91 Å². The SMILES string of the molecule is CC(C)(C)CC(=O)N1CCC(NCC2(C)CCCCC2O)CC1. The third-order valence-corrected chi connectivity index (χ3v) is 5.60. The van der Waals surface area contributed by atoms with Crippen LogP contribution < -0.4 is 5.32 Å². The third-order valence-electron chi connectivity index (χ3n) is 5.60. The van der Waals surface area contributed by atoms with E-state index < -0.39 is 0 Å². The molecule has 1 amide bonds. The number of carbonyl (C=O) groups excluding carboxylic acids is 1. The molecule has 2 N–H and O–H groups in total. The average molecular weight is 325 g/mol. The molecule has 2 aliphatic rings. The molecule has 1 saturated heterocycles. The zero-order valence-electron chi connectivity index (χ0n) is 15.5. The molecule has 2 atom stereocenters. The van der Waals surface area contributed by atoms with Crippen LogP contribution in [0, 0.1) is 10.8 Å². The molecule has 2 unspecified atom stereocenters. The lowest BCUT2D eigenvalue weighted by Gasteiger charge is -2.41. The normalized spacial score (nSPS) is 30.5. The predicted octanol–water partition coefficient (Wildman–Crippen LogP) is 2.94. The number of hydrogen-bond acceptors (Lipinski definition) is 3. The standard InChI is InChI=1S/C19H36N2O2/c1-18(2,3)13-17(23)21-11-8-15(9-12-21)20-14-19(4)10-6-5-7-16(19)22/h15-16,20,22H,5-14H2,1-4H3. The summed E-state index contributed by atoms with van der Waals surface area (Å²) in [4.78, 5) is 14.3. The first-order chi connectivity index (χ1) is 10.7. The highest BCUT2D eigenvalue weighted by molar-refractivity contribution is 5.76. The maximum Gasteiger partial charge on any atom is 0.223 e. The second-order valence-electron chi connectivity index (χ2n) is 9.19. The highest BCUT2D eigenvalue weighted by Gasteiger charge is 2.36. The first kappa shape index (κ1) is 18.7. The van der Waals surface area contributed by atoms with Gasteiger partial charge in [-0.2, -0.15) is 0 Å². The monoisotopic (exact) mass is 324 g/mol. The van der Waals surface area contributed by atoms with Crippen molar-refractivity contribution < 1.29 is 9.90 Å². The van der Waals surface area contributed by atoms with Crippen LogP contribution >= 0.6 is 0 Å². The molecule has 1 aliphatic heterocycles. The molecule has 1 heterocycles. The van der Waals surface area contributed by atoms with Gasteiger partial charge in [-0.3, -0.25) is 4.79 Å². The van der Waals surface area contributed by atoms with E-state index in [1.54, 1.807) is 0 Å². The summed E-state index contributed by atoms with van der Waals surface area (Å²) in [7, 11) is 0. The smallest absolute Gasteiger partial charge is 0.223 e. The van der Waals surface area contributed by atoms with E-state index in [1.807, 2.05) is 4.90 Å². The molecule has 23 heavy (non-hydrogen) atoms. The molecule has 4 nitrogen and oxygen atoms in total. The van der Waals surface area contributed by atoms with Gasteiger partial charge in [0.1, 0.15) is 0 Å². The first-order valence-electron chi connectivity index (χ1n) is 9.39. The van der Waals surface area contributed by atoms with Gasteiger partial charge in [-0.05, 0) is 31.1 Å². The lowest BCUT2D eigenvalue weighted by atomic mass is 9.73. The Kier molecular flexibility index (Phi) is 6.12. The van der Waals surface area contributed by atoms with Crippen LogP contribution in [0.25, 0.3) is 0 Å². The van der Waals surface area contributed by atoms with Crippen LogP contribution in [0.15, 0.2) is 0 Å². The van der Waals surface area contributed by atoms with E-state index >= 15 is 0 Å². The zero-order chi connectivity index (χ0) is 17.1. The van der Waals surface area contributed by atoms with Gasteiger partial charge in [-0.25, -0.2) is 0 Å². The Balaban J connectivity index is 1.73. The van der Waals surface area contributed by atoms with Crippen LogP contribution in [0.1, 0.15) is 72.6 Å². The first-order valence-corrected chi connectivity index (χ1v) is 9.39. The molecule has 1 aliphatic carbocycles. The van der Waals surface area contributed by atoms with E-state index in [1.165, 1.54) is 6.42 Å². The maximum absolute atomic E-state index is 12.3. The number of aliphatic hydroxyl groups is 1. The molecule has 1 saturated carbocycles. The summed E-state index contributed by atoms with van der Waals surface area (Å²) in [5, 5.41) is 14.0. The lowest BCUT2D eigenvalue weighted by Crippen LogP contribution is -2.50. The summed E-state index contributed by atoms with van der Waals surface area (Å²) < 4.78 is 0. The number of amides is 1. The van der Waals surface area contributed by atoms with Crippen LogP contribution in [0.2, 0.25) is 0 Å². The Bertz CT molecular complexity index is 397. The molecule has 0 spiro atoms. The molecule has 0 radical (unpaired) electrons. The molecule has 2 rings (SSSR count). The van der Waals surface area contributed by atoms with Crippen molar-refractivity contribution in [3.63, 3.8) is 0 Å². The van der Waals surface area contributed by atoms with Crippen LogP contribution in [0.3, 0.4) is 0 Å². The third kappa shape index (κ3) is 5.46. The molecule has 134 valence electrons. The Morgan fingerprint density at radius 3 is 2.43 bits per heavy atom. The Morgan fingerprint density at radius 2 is 1.87 bits per heavy atom. The summed E-state index contributed by atoms with van der Waals surface area (Å²) in [6.45, 7) is 11.2. The van der Waals surface area contributed by atoms with Gasteiger partial charge in [-0.1, -0.05) is 40.5 Å². The van der Waals surface area contributed by atoms with Gasteiger partial charge >= 0.3 is 0 Å². The molecule has 2 fully saturated rings. The largest absolute Gasteiger partial charge is 0.393 e. The molecular weight excluding hydrogens is 288 g/mol. The van der Waals surface area contributed by atoms with Gasteiger partial charge < -0.3 is 15.3 Å². The minimum Gasteiger partial charge on any atom is -0.393 e. The van der Waals surface area contributed by atoms with E-state index in [0.29, 0.717) is 18.4 Å². The summed E-state index contributed by atoms with van der Waals surface area (Å²) >= 11 is 0. The Labute approximate surface area is 142 Å². The zero-order valence-corrected chi connectivity index (χ0v) is 15.5. The molecular formula is C19H36N2O2. The maximum atomic E-state index is 12.3. The fraction of sp³-hybridized carbons (Fsp3) is 0.947. The van der Waals surface area contributed by atoms with E-state index in [4.69, 9.17) is 0 Å². The molecule has 0 aromatic carbocycles. The summed E-state index contributed by atoms with van der Waals surface area (Å²) in [5.41, 5.74) is 0.0926. The number of rotatable bonds is 4. The number of hydrogen-bond donors (Lipinski definition) is 2. The van der Waals surface area contributed by atoms with Crippen molar-refractivity contribution in [1.29, 1.82) is 0 Å². The summed E-state index contributed by atoms with van der Waals surface area (Å²) in [6, 6.07) is 0.486. The summed E-state index contributed by atoms with van der Waals surface area (Å²) in [6.07, 6.45) is 6.97. The number of piperidine rings is 1. The van der Waals surface area contributed by atoms with Crippen molar-refractivity contribution in [1.82, 2.24) is 10.2 Å². The number of nitrogens with zero attached hydrogens (tertiary/aromatic N) is 1. The summed E-state index contributed by atoms with van der Waals surface area (Å²) in [5.74, 6) is 0.297. The van der Waals surface area contributed by atoms with Crippen molar-refractivity contribution in [2.24, 2.45) is 10.8 Å². The van der Waals surface area contributed by atoms with Gasteiger partial charge in [0.15, 0.2) is 0 Å². The van der Waals surface area contributed by atoms with E-state index in [0.717, 1.165) is 51.7 Å². The van der Waals surface area contributed by atoms with Crippen LogP contribution in [-0.4, -0.2) is 47.7 Å². The number of nitrogens with one attached hydrogen (secondary N) is 1. The van der Waals surface area contributed by atoms with Gasteiger partial charge in [0.25, 0.3) is 0 Å². The van der Waals surface area contributed by atoms with Gasteiger partial charge in [-0.15, -0.1) is 0 Å². The second kappa shape index (κ2) is 7.52. The predicted molar refractivity (Wildman–Crippen MR) is 94.3 cm³/mol. The molecule has 4 heteroatoms. The topological polar surface area (TPSA) is 52.6 Å². The van der Waals surface area contributed by atoms with Crippen LogP contribution in [0.5, 0.6) is 0 Å². The van der Waals surface area contributed by atoms with Crippen molar-refractivity contribution in [2.45, 2.75) is 84.8 Å². The number of carbonyl (C=O) groups is 1. The minimum atomic E-state index is -0.169. The van der Waals surface area contributed by atoms with Crippen molar-refractivity contribution in [2.75, 3.05) is 19.6 Å². The lowest BCUT2D eigenvalue weighted by molar-refractivity contribution is -0.134. The number of likely N-dealkylation sites (tertiary alicyclic amines) is 1. The molecule has 0 bridgehead atoms. The Morgan fingerprint density at radius 1 is 1.22 bits per heavy atom. The van der Waals surface area contributed by atoms with Crippen LogP contribution in [-0.2, 0) is 4.79 Å². The van der Waals surface area contributed by atoms with Crippen molar-refractivity contribution >= 4 is 5.91 Å². The van der Waals surface area contributed by atoms with E-state index in [-0.39, 0.29) is 16.9 Å². The fourth-order valence-corrected chi connectivity index (χ4v) is 3.86. The highest BCUT2D eigenvalue weighted by Crippen LogP contribution is 2.35. The van der Waals surface area contributed by atoms with Crippen molar-refractivity contribution in [3.8, 4) is 0 Å². The average Bonchev–Trinajstić information content (AvgIpc) is 2.47. The second-order valence-corrected chi connectivity index (χ2v) is 9.19. The number of aliphatic hydroxyl groups excluding tert-OH is 1. The fourth-order valence-electron chi connectivity index (χ4n) is 3.86. The van der Waals surface area contributed by atoms with Crippen LogP contribution in [0.4, 0.5) is 0 Å². The molecule has 0 aromatic rings. The van der Waals surface area contributed by atoms with E-state index in [9.17, 15) is 9.90 Å².